The van der Waals surface area contributed by atoms with Crippen molar-refractivity contribution in [1.29, 1.82) is 0 Å². The van der Waals surface area contributed by atoms with E-state index in [0.717, 1.165) is 11.1 Å². The van der Waals surface area contributed by atoms with Gasteiger partial charge < -0.3 is 15.3 Å². The minimum atomic E-state index is -0.868. The lowest BCUT2D eigenvalue weighted by atomic mass is 10.0. The number of nitrogens with zero attached hydrogens (tertiary/aromatic N) is 1. The molecule has 0 aliphatic carbocycles. The summed E-state index contributed by atoms with van der Waals surface area (Å²) in [6.45, 7) is 0. The molecule has 2 aromatic rings. The number of nitrogens with one attached hydrogen (secondary N) is 1. The van der Waals surface area contributed by atoms with E-state index in [9.17, 15) is 9.59 Å². The summed E-state index contributed by atoms with van der Waals surface area (Å²) in [6.07, 6.45) is 0.436. The standard InChI is InChI=1S/C19H20N2O4/c1-25-19(23)17(13-15-10-6-3-7-11-15)20-18(22)16(21-24)12-14-8-4-2-5-9-14/h2-11,17,24H,12-13H2,1H3,(H,20,22)/b21-16-/t17-/m0/s1. The Morgan fingerprint density at radius 1 is 1.04 bits per heavy atom. The molecule has 0 bridgehead atoms. The number of hydrogen-bond donors (Lipinski definition) is 2. The highest BCUT2D eigenvalue weighted by molar-refractivity contribution is 6.39. The predicted molar refractivity (Wildman–Crippen MR) is 93.5 cm³/mol. The Bertz CT molecular complexity index is 730. The van der Waals surface area contributed by atoms with Gasteiger partial charge in [-0.3, -0.25) is 4.79 Å². The smallest absolute Gasteiger partial charge is 0.328 e. The van der Waals surface area contributed by atoms with E-state index in [1.807, 2.05) is 60.7 Å². The summed E-state index contributed by atoms with van der Waals surface area (Å²) in [5.74, 6) is -1.17. The summed E-state index contributed by atoms with van der Waals surface area (Å²) in [6, 6.07) is 17.6. The molecule has 1 amide bonds. The quantitative estimate of drug-likeness (QED) is 0.349. The lowest BCUT2D eigenvalue weighted by Crippen LogP contribution is -2.46. The van der Waals surface area contributed by atoms with E-state index in [2.05, 4.69) is 10.5 Å². The van der Waals surface area contributed by atoms with Gasteiger partial charge in [-0.15, -0.1) is 0 Å². The maximum Gasteiger partial charge on any atom is 0.328 e. The first kappa shape index (κ1) is 18.2. The van der Waals surface area contributed by atoms with Crippen molar-refractivity contribution in [3.8, 4) is 0 Å². The van der Waals surface area contributed by atoms with Crippen molar-refractivity contribution in [2.75, 3.05) is 7.11 Å². The molecule has 25 heavy (non-hydrogen) atoms. The third-order valence-corrected chi connectivity index (χ3v) is 3.67. The molecule has 2 rings (SSSR count). The average Bonchev–Trinajstić information content (AvgIpc) is 2.66. The van der Waals surface area contributed by atoms with Gasteiger partial charge in [0.15, 0.2) is 0 Å². The number of methoxy groups -OCH3 is 1. The number of carbonyl (C=O) groups is 2. The van der Waals surface area contributed by atoms with Crippen molar-refractivity contribution in [3.05, 3.63) is 71.8 Å². The molecule has 6 nitrogen and oxygen atoms in total. The number of esters is 1. The number of oxime groups is 1. The predicted octanol–water partition coefficient (Wildman–Crippen LogP) is 1.96. The van der Waals surface area contributed by atoms with Crippen molar-refractivity contribution in [2.45, 2.75) is 18.9 Å². The largest absolute Gasteiger partial charge is 0.467 e. The second-order valence-corrected chi connectivity index (χ2v) is 5.45. The highest BCUT2D eigenvalue weighted by atomic mass is 16.5. The Kier molecular flexibility index (Phi) is 6.71. The summed E-state index contributed by atoms with van der Waals surface area (Å²) in [5, 5.41) is 14.8. The summed E-state index contributed by atoms with van der Waals surface area (Å²) < 4.78 is 4.76. The van der Waals surface area contributed by atoms with Crippen LogP contribution in [0, 0.1) is 0 Å². The van der Waals surface area contributed by atoms with Crippen molar-refractivity contribution >= 4 is 17.6 Å². The SMILES string of the molecule is COC(=O)[C@H](Cc1ccccc1)NC(=O)/C(Cc1ccccc1)=N\O. The fraction of sp³-hybridized carbons (Fsp3) is 0.211. The average molecular weight is 340 g/mol. The number of ether oxygens (including phenoxy) is 1. The van der Waals surface area contributed by atoms with Crippen LogP contribution in [0.5, 0.6) is 0 Å². The van der Waals surface area contributed by atoms with Crippen LogP contribution in [0.25, 0.3) is 0 Å². The Morgan fingerprint density at radius 2 is 1.60 bits per heavy atom. The van der Waals surface area contributed by atoms with E-state index >= 15 is 0 Å². The fourth-order valence-electron chi connectivity index (χ4n) is 2.38. The third-order valence-electron chi connectivity index (χ3n) is 3.67. The summed E-state index contributed by atoms with van der Waals surface area (Å²) in [7, 11) is 1.26. The van der Waals surface area contributed by atoms with Gasteiger partial charge in [0.05, 0.1) is 7.11 Å². The molecule has 1 atom stereocenters. The van der Waals surface area contributed by atoms with Gasteiger partial charge >= 0.3 is 5.97 Å². The number of rotatable bonds is 7. The Morgan fingerprint density at radius 3 is 2.12 bits per heavy atom. The lowest BCUT2D eigenvalue weighted by molar-refractivity contribution is -0.144. The Balaban J connectivity index is 2.08. The number of carbonyl (C=O) groups excluding carboxylic acids is 2. The highest BCUT2D eigenvalue weighted by Crippen LogP contribution is 2.06. The Hall–Kier alpha value is -3.15. The third kappa shape index (κ3) is 5.46. The van der Waals surface area contributed by atoms with Gasteiger partial charge in [-0.05, 0) is 11.1 Å². The summed E-state index contributed by atoms with van der Waals surface area (Å²) in [5.41, 5.74) is 1.63. The molecule has 0 aliphatic heterocycles. The van der Waals surface area contributed by atoms with Crippen LogP contribution >= 0.6 is 0 Å². The van der Waals surface area contributed by atoms with Crippen LogP contribution in [-0.2, 0) is 27.2 Å². The van der Waals surface area contributed by atoms with Crippen molar-refractivity contribution in [2.24, 2.45) is 5.16 Å². The topological polar surface area (TPSA) is 88.0 Å². The van der Waals surface area contributed by atoms with Crippen LogP contribution in [0.2, 0.25) is 0 Å². The molecule has 2 N–H and O–H groups in total. The van der Waals surface area contributed by atoms with Crippen LogP contribution < -0.4 is 5.32 Å². The van der Waals surface area contributed by atoms with Crippen LogP contribution in [-0.4, -0.2) is 35.9 Å². The summed E-state index contributed by atoms with van der Waals surface area (Å²) in [4.78, 5) is 24.4. The Labute approximate surface area is 146 Å². The van der Waals surface area contributed by atoms with Gasteiger partial charge in [-0.2, -0.15) is 0 Å². The van der Waals surface area contributed by atoms with E-state index in [0.29, 0.717) is 0 Å². The fourth-order valence-corrected chi connectivity index (χ4v) is 2.38. The van der Waals surface area contributed by atoms with Gasteiger partial charge in [-0.1, -0.05) is 65.8 Å². The van der Waals surface area contributed by atoms with Gasteiger partial charge in [0, 0.05) is 12.8 Å². The van der Waals surface area contributed by atoms with Crippen LogP contribution in [0.1, 0.15) is 11.1 Å². The molecular formula is C19H20N2O4. The highest BCUT2D eigenvalue weighted by Gasteiger charge is 2.24. The molecule has 0 aromatic heterocycles. The maximum absolute atomic E-state index is 12.4. The number of benzene rings is 2. The van der Waals surface area contributed by atoms with E-state index in [1.165, 1.54) is 7.11 Å². The molecule has 0 saturated carbocycles. The van der Waals surface area contributed by atoms with Crippen molar-refractivity contribution < 1.29 is 19.5 Å². The van der Waals surface area contributed by atoms with E-state index in [4.69, 9.17) is 9.94 Å². The van der Waals surface area contributed by atoms with Gasteiger partial charge in [-0.25, -0.2) is 4.79 Å². The molecule has 0 fully saturated rings. The molecule has 0 aliphatic rings. The number of hydrogen-bond acceptors (Lipinski definition) is 5. The zero-order valence-electron chi connectivity index (χ0n) is 13.9. The number of amides is 1. The van der Waals surface area contributed by atoms with Crippen molar-refractivity contribution in [1.82, 2.24) is 5.32 Å². The molecule has 0 spiro atoms. The molecule has 0 heterocycles. The van der Waals surface area contributed by atoms with E-state index in [-0.39, 0.29) is 18.6 Å². The molecule has 130 valence electrons. The first-order chi connectivity index (χ1) is 12.1. The van der Waals surface area contributed by atoms with Crippen molar-refractivity contribution in [3.63, 3.8) is 0 Å². The van der Waals surface area contributed by atoms with Crippen LogP contribution in [0.4, 0.5) is 0 Å². The minimum absolute atomic E-state index is 0.0758. The molecular weight excluding hydrogens is 320 g/mol. The normalized spacial score (nSPS) is 12.3. The van der Waals surface area contributed by atoms with E-state index < -0.39 is 17.9 Å². The zero-order chi connectivity index (χ0) is 18.1. The first-order valence-electron chi connectivity index (χ1n) is 7.81. The van der Waals surface area contributed by atoms with Crippen LogP contribution in [0.15, 0.2) is 65.8 Å². The lowest BCUT2D eigenvalue weighted by Gasteiger charge is -2.17. The molecule has 6 heteroatoms. The summed E-state index contributed by atoms with van der Waals surface area (Å²) >= 11 is 0. The molecule has 0 radical (unpaired) electrons. The molecule has 0 saturated heterocycles. The van der Waals surface area contributed by atoms with Gasteiger partial charge in [0.2, 0.25) is 0 Å². The minimum Gasteiger partial charge on any atom is -0.467 e. The molecule has 2 aromatic carbocycles. The van der Waals surface area contributed by atoms with E-state index in [1.54, 1.807) is 0 Å². The van der Waals surface area contributed by atoms with Gasteiger partial charge in [0.1, 0.15) is 11.8 Å². The second-order valence-electron chi connectivity index (χ2n) is 5.45. The second kappa shape index (κ2) is 9.22. The van der Waals surface area contributed by atoms with Crippen LogP contribution in [0.3, 0.4) is 0 Å². The van der Waals surface area contributed by atoms with Gasteiger partial charge in [0.25, 0.3) is 5.91 Å². The molecule has 0 unspecified atom stereocenters. The zero-order valence-corrected chi connectivity index (χ0v) is 13.9. The maximum atomic E-state index is 12.4. The first-order valence-corrected chi connectivity index (χ1v) is 7.81. The monoisotopic (exact) mass is 340 g/mol.